The molecule has 3 N–H and O–H groups in total. The molecule has 0 bridgehead atoms. The first-order valence-electron chi connectivity index (χ1n) is 6.24. The Morgan fingerprint density at radius 1 is 1.58 bits per heavy atom. The van der Waals surface area contributed by atoms with Gasteiger partial charge in [0.1, 0.15) is 5.75 Å². The lowest BCUT2D eigenvalue weighted by molar-refractivity contribution is -0.118. The lowest BCUT2D eigenvalue weighted by Crippen LogP contribution is -2.37. The third-order valence-corrected chi connectivity index (χ3v) is 4.07. The summed E-state index contributed by atoms with van der Waals surface area (Å²) in [7, 11) is 0. The van der Waals surface area contributed by atoms with Gasteiger partial charge < -0.3 is 15.8 Å². The van der Waals surface area contributed by atoms with Crippen molar-refractivity contribution >= 4 is 32.6 Å². The predicted molar refractivity (Wildman–Crippen MR) is 75.6 cm³/mol. The van der Waals surface area contributed by atoms with Gasteiger partial charge in [-0.1, -0.05) is 11.3 Å². The zero-order chi connectivity index (χ0) is 13.5. The van der Waals surface area contributed by atoms with E-state index in [4.69, 9.17) is 10.5 Å². The number of rotatable bonds is 4. The largest absolute Gasteiger partial charge is 0.494 e. The molecule has 1 aromatic carbocycles. The average molecular weight is 277 g/mol. The first-order chi connectivity index (χ1) is 9.10. The summed E-state index contributed by atoms with van der Waals surface area (Å²) in [5.74, 6) is 0.672. The molecule has 3 rings (SSSR count). The van der Waals surface area contributed by atoms with Crippen molar-refractivity contribution in [1.29, 1.82) is 0 Å². The van der Waals surface area contributed by atoms with Gasteiger partial charge in [-0.3, -0.25) is 4.79 Å². The maximum atomic E-state index is 11.8. The van der Waals surface area contributed by atoms with Gasteiger partial charge >= 0.3 is 0 Å². The van der Waals surface area contributed by atoms with Crippen LogP contribution in [0.3, 0.4) is 0 Å². The van der Waals surface area contributed by atoms with Gasteiger partial charge in [0, 0.05) is 0 Å². The lowest BCUT2D eigenvalue weighted by atomic mass is 10.3. The smallest absolute Gasteiger partial charge is 0.246 e. The fourth-order valence-electron chi connectivity index (χ4n) is 1.80. The Hall–Kier alpha value is -1.66. The predicted octanol–water partition coefficient (Wildman–Crippen LogP) is 2.12. The molecule has 1 heterocycles. The molecule has 1 fully saturated rings. The van der Waals surface area contributed by atoms with Crippen molar-refractivity contribution in [2.45, 2.75) is 25.3 Å². The van der Waals surface area contributed by atoms with E-state index in [9.17, 15) is 4.79 Å². The molecular formula is C13H15N3O2S. The van der Waals surface area contributed by atoms with Gasteiger partial charge in [-0.2, -0.15) is 0 Å². The number of anilines is 1. The molecule has 100 valence electrons. The topological polar surface area (TPSA) is 77.2 Å². The monoisotopic (exact) mass is 277 g/mol. The Bertz CT molecular complexity index is 634. The molecule has 6 heteroatoms. The van der Waals surface area contributed by atoms with Gasteiger partial charge in [-0.05, 0) is 38.0 Å². The van der Waals surface area contributed by atoms with Crippen LogP contribution in [0.5, 0.6) is 5.75 Å². The average Bonchev–Trinajstić information content (AvgIpc) is 3.01. The van der Waals surface area contributed by atoms with E-state index < -0.39 is 5.54 Å². The lowest BCUT2D eigenvalue weighted by Gasteiger charge is -2.06. The van der Waals surface area contributed by atoms with Crippen molar-refractivity contribution < 1.29 is 9.53 Å². The molecule has 1 aliphatic rings. The fraction of sp³-hybridized carbons (Fsp3) is 0.385. The highest BCUT2D eigenvalue weighted by atomic mass is 32.1. The molecule has 2 aromatic rings. The summed E-state index contributed by atoms with van der Waals surface area (Å²) in [5, 5.41) is 3.38. The van der Waals surface area contributed by atoms with Crippen molar-refractivity contribution in [2.75, 3.05) is 11.9 Å². The zero-order valence-corrected chi connectivity index (χ0v) is 11.4. The van der Waals surface area contributed by atoms with Crippen LogP contribution in [-0.4, -0.2) is 23.0 Å². The van der Waals surface area contributed by atoms with E-state index in [1.54, 1.807) is 0 Å². The second-order valence-corrected chi connectivity index (χ2v) is 5.72. The van der Waals surface area contributed by atoms with Crippen LogP contribution in [0.15, 0.2) is 18.2 Å². The maximum Gasteiger partial charge on any atom is 0.246 e. The van der Waals surface area contributed by atoms with Crippen LogP contribution >= 0.6 is 11.3 Å². The number of hydrogen-bond donors (Lipinski definition) is 2. The van der Waals surface area contributed by atoms with Gasteiger partial charge in [0.2, 0.25) is 5.91 Å². The van der Waals surface area contributed by atoms with Crippen molar-refractivity contribution in [3.63, 3.8) is 0 Å². The van der Waals surface area contributed by atoms with Crippen LogP contribution < -0.4 is 15.8 Å². The van der Waals surface area contributed by atoms with E-state index >= 15 is 0 Å². The molecule has 1 amide bonds. The molecule has 0 saturated heterocycles. The van der Waals surface area contributed by atoms with Crippen LogP contribution in [0.2, 0.25) is 0 Å². The third kappa shape index (κ3) is 2.41. The van der Waals surface area contributed by atoms with Gasteiger partial charge in [0.25, 0.3) is 0 Å². The number of ether oxygens (including phenoxy) is 1. The number of aromatic nitrogens is 1. The first-order valence-corrected chi connectivity index (χ1v) is 7.06. The number of amides is 1. The van der Waals surface area contributed by atoms with Crippen molar-refractivity contribution in [1.82, 2.24) is 4.98 Å². The summed E-state index contributed by atoms with van der Waals surface area (Å²) < 4.78 is 6.43. The number of hydrogen-bond acceptors (Lipinski definition) is 5. The van der Waals surface area contributed by atoms with Gasteiger partial charge in [0.05, 0.1) is 22.4 Å². The molecule has 5 nitrogen and oxygen atoms in total. The zero-order valence-electron chi connectivity index (χ0n) is 10.6. The van der Waals surface area contributed by atoms with E-state index in [1.165, 1.54) is 11.3 Å². The summed E-state index contributed by atoms with van der Waals surface area (Å²) in [5.41, 5.74) is 6.02. The van der Waals surface area contributed by atoms with Gasteiger partial charge in [-0.25, -0.2) is 4.98 Å². The number of carbonyl (C=O) groups is 1. The van der Waals surface area contributed by atoms with Gasteiger partial charge in [-0.15, -0.1) is 0 Å². The molecule has 0 aliphatic heterocycles. The Morgan fingerprint density at radius 3 is 3.05 bits per heavy atom. The number of nitrogens with zero attached hydrogens (tertiary/aromatic N) is 1. The molecule has 1 aromatic heterocycles. The summed E-state index contributed by atoms with van der Waals surface area (Å²) in [6, 6.07) is 5.70. The summed E-state index contributed by atoms with van der Waals surface area (Å²) in [6.07, 6.45) is 1.50. The number of benzene rings is 1. The van der Waals surface area contributed by atoms with E-state index in [2.05, 4.69) is 10.3 Å². The van der Waals surface area contributed by atoms with Crippen LogP contribution in [0.25, 0.3) is 10.2 Å². The number of nitrogens with two attached hydrogens (primary N) is 1. The normalized spacial score (nSPS) is 16.3. The summed E-state index contributed by atoms with van der Waals surface area (Å²) >= 11 is 1.43. The SMILES string of the molecule is CCOc1ccc2nc(NC(=O)C3(N)CC3)sc2c1. The molecule has 0 spiro atoms. The molecule has 1 saturated carbocycles. The highest BCUT2D eigenvalue weighted by molar-refractivity contribution is 7.22. The van der Waals surface area contributed by atoms with Crippen molar-refractivity contribution in [2.24, 2.45) is 5.73 Å². The third-order valence-electron chi connectivity index (χ3n) is 3.13. The van der Waals surface area contributed by atoms with Crippen LogP contribution in [-0.2, 0) is 4.79 Å². The fourth-order valence-corrected chi connectivity index (χ4v) is 2.69. The van der Waals surface area contributed by atoms with E-state index in [0.717, 1.165) is 28.8 Å². The van der Waals surface area contributed by atoms with Crippen LogP contribution in [0.1, 0.15) is 19.8 Å². The van der Waals surface area contributed by atoms with E-state index in [-0.39, 0.29) is 5.91 Å². The molecular weight excluding hydrogens is 262 g/mol. The minimum atomic E-state index is -0.672. The van der Waals surface area contributed by atoms with E-state index in [1.807, 2.05) is 25.1 Å². The summed E-state index contributed by atoms with van der Waals surface area (Å²) in [6.45, 7) is 2.57. The highest BCUT2D eigenvalue weighted by Crippen LogP contribution is 2.35. The second kappa shape index (κ2) is 4.47. The molecule has 19 heavy (non-hydrogen) atoms. The second-order valence-electron chi connectivity index (χ2n) is 4.69. The minimum Gasteiger partial charge on any atom is -0.494 e. The molecule has 0 radical (unpaired) electrons. The quantitative estimate of drug-likeness (QED) is 0.897. The molecule has 1 aliphatic carbocycles. The Morgan fingerprint density at radius 2 is 2.37 bits per heavy atom. The van der Waals surface area contributed by atoms with Crippen LogP contribution in [0.4, 0.5) is 5.13 Å². The Kier molecular flexibility index (Phi) is 2.91. The molecule has 0 atom stereocenters. The number of thiazole rings is 1. The van der Waals surface area contributed by atoms with E-state index in [0.29, 0.717) is 11.7 Å². The first kappa shape index (κ1) is 12.4. The standard InChI is InChI=1S/C13H15N3O2S/c1-2-18-8-3-4-9-10(7-8)19-12(15-9)16-11(17)13(14)5-6-13/h3-4,7H,2,5-6,14H2,1H3,(H,15,16,17). The maximum absolute atomic E-state index is 11.8. The van der Waals surface area contributed by atoms with Crippen molar-refractivity contribution in [3.05, 3.63) is 18.2 Å². The van der Waals surface area contributed by atoms with Crippen LogP contribution in [0, 0.1) is 0 Å². The highest BCUT2D eigenvalue weighted by Gasteiger charge is 2.46. The Balaban J connectivity index is 1.83. The number of nitrogens with one attached hydrogen (secondary N) is 1. The van der Waals surface area contributed by atoms with Gasteiger partial charge in [0.15, 0.2) is 5.13 Å². The Labute approximate surface area is 114 Å². The summed E-state index contributed by atoms with van der Waals surface area (Å²) in [4.78, 5) is 16.2. The van der Waals surface area contributed by atoms with Crippen molar-refractivity contribution in [3.8, 4) is 5.75 Å². The minimum absolute atomic E-state index is 0.142. The number of carbonyl (C=O) groups excluding carboxylic acids is 1. The number of fused-ring (bicyclic) bond motifs is 1. The molecule has 0 unspecified atom stereocenters.